The molecule has 2 nitrogen and oxygen atoms in total. The summed E-state index contributed by atoms with van der Waals surface area (Å²) >= 11 is 0. The molecule has 0 radical (unpaired) electrons. The van der Waals surface area contributed by atoms with Crippen molar-refractivity contribution in [3.63, 3.8) is 0 Å². The fourth-order valence-corrected chi connectivity index (χ4v) is 7.78. The van der Waals surface area contributed by atoms with Crippen molar-refractivity contribution in [2.45, 2.75) is 201 Å². The molecule has 0 saturated carbocycles. The first kappa shape index (κ1) is 42.7. The minimum Gasteiger partial charge on any atom is -0.493 e. The number of hydrogen-bond acceptors (Lipinski definition) is 0. The van der Waals surface area contributed by atoms with Crippen LogP contribution in [0.2, 0.25) is 0 Å². The van der Waals surface area contributed by atoms with E-state index in [1.54, 1.807) is 4.70 Å². The average Bonchev–Trinajstić information content (AvgIpc) is 3.42. The maximum Gasteiger partial charge on any atom is 0.211 e. The van der Waals surface area contributed by atoms with Gasteiger partial charge in [0.25, 0.3) is 0 Å². The summed E-state index contributed by atoms with van der Waals surface area (Å²) in [7, 11) is 0. The van der Waals surface area contributed by atoms with Gasteiger partial charge in [-0.2, -0.15) is 0 Å². The summed E-state index contributed by atoms with van der Waals surface area (Å²) in [5.74, 6) is 0. The van der Waals surface area contributed by atoms with E-state index in [1.165, 1.54) is 143 Å². The SMILES string of the molecule is CCCCCCCCCCCCCCCC=CCCCc1ccccc1C1=C(CCCCC)C(CCCC)=C(c2ccc(CCCC)cc2)[N+]1=[N-]. The van der Waals surface area contributed by atoms with Gasteiger partial charge in [-0.1, -0.05) is 173 Å². The van der Waals surface area contributed by atoms with Crippen LogP contribution in [0.15, 0.2) is 71.8 Å². The molecule has 0 aromatic heterocycles. The standard InChI is InChI=1S/C49H76N2/c1-5-9-13-14-15-16-17-18-19-20-21-22-23-24-25-26-27-29-33-43-34-30-31-36-45(43)49-47(37-28-10-6-2)46(35-12-8-4)48(51(49)50)44-40-38-42(39-41-44)32-11-7-3/h25-26,30-31,34,36,38-41H,5-24,27-29,32-33,35,37H2,1-4H3. The first-order valence-corrected chi connectivity index (χ1v) is 21.9. The average molecular weight is 693 g/mol. The van der Waals surface area contributed by atoms with Gasteiger partial charge in [-0.3, -0.25) is 0 Å². The summed E-state index contributed by atoms with van der Waals surface area (Å²) in [6, 6.07) is 17.9. The molecule has 0 unspecified atom stereocenters. The number of aryl methyl sites for hydroxylation is 2. The van der Waals surface area contributed by atoms with Gasteiger partial charge in [-0.15, -0.1) is 0 Å². The number of nitrogens with zero attached hydrogens (tertiary/aromatic N) is 2. The van der Waals surface area contributed by atoms with Crippen LogP contribution in [0, 0.1) is 0 Å². The smallest absolute Gasteiger partial charge is 0.211 e. The van der Waals surface area contributed by atoms with E-state index in [1.807, 2.05) is 0 Å². The third kappa shape index (κ3) is 15.4. The zero-order valence-electron chi connectivity index (χ0n) is 33.8. The maximum absolute atomic E-state index is 12.1. The number of hydrogen-bond donors (Lipinski definition) is 0. The first-order chi connectivity index (χ1) is 25.2. The van der Waals surface area contributed by atoms with E-state index in [-0.39, 0.29) is 0 Å². The molecule has 0 spiro atoms. The van der Waals surface area contributed by atoms with Crippen LogP contribution in [0.4, 0.5) is 0 Å². The van der Waals surface area contributed by atoms with E-state index < -0.39 is 0 Å². The summed E-state index contributed by atoms with van der Waals surface area (Å²) in [4.78, 5) is 0. The molecule has 2 heteroatoms. The van der Waals surface area contributed by atoms with Crippen molar-refractivity contribution in [2.75, 3.05) is 0 Å². The molecule has 2 aromatic carbocycles. The molecule has 0 bridgehead atoms. The molecule has 0 aliphatic carbocycles. The fourth-order valence-electron chi connectivity index (χ4n) is 7.78. The van der Waals surface area contributed by atoms with E-state index in [9.17, 15) is 5.53 Å². The molecule has 2 aromatic rings. The Bertz CT molecular complexity index is 1320. The van der Waals surface area contributed by atoms with Gasteiger partial charge in [-0.05, 0) is 100.0 Å². The van der Waals surface area contributed by atoms with Gasteiger partial charge in [0.2, 0.25) is 11.4 Å². The Labute approximate surface area is 315 Å². The third-order valence-electron chi connectivity index (χ3n) is 10.9. The van der Waals surface area contributed by atoms with Crippen LogP contribution in [-0.4, -0.2) is 4.70 Å². The lowest BCUT2D eigenvalue weighted by molar-refractivity contribution is -0.345. The van der Waals surface area contributed by atoms with Gasteiger partial charge in [0.15, 0.2) is 0 Å². The highest BCUT2D eigenvalue weighted by molar-refractivity contribution is 5.82. The second-order valence-corrected chi connectivity index (χ2v) is 15.4. The second kappa shape index (κ2) is 26.9. The Morgan fingerprint density at radius 2 is 0.941 bits per heavy atom. The highest BCUT2D eigenvalue weighted by Crippen LogP contribution is 2.45. The molecular formula is C49H76N2. The maximum atomic E-state index is 12.1. The minimum absolute atomic E-state index is 1.01. The van der Waals surface area contributed by atoms with Gasteiger partial charge in [-0.25, -0.2) is 4.70 Å². The molecule has 3 rings (SSSR count). The van der Waals surface area contributed by atoms with Crippen molar-refractivity contribution in [2.24, 2.45) is 0 Å². The van der Waals surface area contributed by atoms with Crippen LogP contribution in [-0.2, 0) is 12.8 Å². The van der Waals surface area contributed by atoms with Crippen molar-refractivity contribution in [3.05, 3.63) is 99.6 Å². The van der Waals surface area contributed by atoms with Crippen LogP contribution in [0.1, 0.15) is 210 Å². The van der Waals surface area contributed by atoms with Crippen molar-refractivity contribution in [1.82, 2.24) is 0 Å². The fraction of sp³-hybridized carbons (Fsp3) is 0.633. The lowest BCUT2D eigenvalue weighted by atomic mass is 9.90. The summed E-state index contributed by atoms with van der Waals surface area (Å²) in [6.07, 6.45) is 39.2. The monoisotopic (exact) mass is 693 g/mol. The predicted octanol–water partition coefficient (Wildman–Crippen LogP) is 16.3. The zero-order chi connectivity index (χ0) is 36.4. The van der Waals surface area contributed by atoms with Crippen LogP contribution < -0.4 is 0 Å². The molecule has 0 amide bonds. The third-order valence-corrected chi connectivity index (χ3v) is 10.9. The lowest BCUT2D eigenvalue weighted by Crippen LogP contribution is -2.05. The number of unbranched alkanes of at least 4 members (excludes halogenated alkanes) is 18. The minimum atomic E-state index is 1.01. The van der Waals surface area contributed by atoms with Crippen molar-refractivity contribution in [3.8, 4) is 0 Å². The summed E-state index contributed by atoms with van der Waals surface area (Å²) < 4.78 is 1.58. The Hall–Kier alpha value is -2.74. The largest absolute Gasteiger partial charge is 0.493 e. The first-order valence-electron chi connectivity index (χ1n) is 21.9. The Morgan fingerprint density at radius 3 is 1.57 bits per heavy atom. The van der Waals surface area contributed by atoms with Crippen LogP contribution in [0.3, 0.4) is 0 Å². The summed E-state index contributed by atoms with van der Waals surface area (Å²) in [5, 5.41) is 0. The van der Waals surface area contributed by atoms with E-state index in [2.05, 4.69) is 88.4 Å². The highest BCUT2D eigenvalue weighted by atomic mass is 15.2. The predicted molar refractivity (Wildman–Crippen MR) is 225 cm³/mol. The van der Waals surface area contributed by atoms with Crippen molar-refractivity contribution < 1.29 is 4.70 Å². The van der Waals surface area contributed by atoms with Gasteiger partial charge >= 0.3 is 0 Å². The van der Waals surface area contributed by atoms with Gasteiger partial charge < -0.3 is 5.53 Å². The molecule has 282 valence electrons. The number of allylic oxidation sites excluding steroid dienone is 4. The van der Waals surface area contributed by atoms with Crippen LogP contribution in [0.25, 0.3) is 16.9 Å². The van der Waals surface area contributed by atoms with E-state index in [0.29, 0.717) is 0 Å². The second-order valence-electron chi connectivity index (χ2n) is 15.4. The molecule has 0 fully saturated rings. The van der Waals surface area contributed by atoms with E-state index >= 15 is 0 Å². The summed E-state index contributed by atoms with van der Waals surface area (Å²) in [6.45, 7) is 9.11. The molecule has 0 N–H and O–H groups in total. The molecule has 0 saturated heterocycles. The van der Waals surface area contributed by atoms with Gasteiger partial charge in [0.05, 0.1) is 0 Å². The highest BCUT2D eigenvalue weighted by Gasteiger charge is 2.35. The number of benzene rings is 2. The Balaban J connectivity index is 1.56. The molecule has 51 heavy (non-hydrogen) atoms. The topological polar surface area (TPSA) is 25.3 Å². The van der Waals surface area contributed by atoms with Gasteiger partial charge in [0, 0.05) is 22.3 Å². The molecular weight excluding hydrogens is 617 g/mol. The number of rotatable bonds is 30. The lowest BCUT2D eigenvalue weighted by Gasteiger charge is -2.13. The normalized spacial score (nSPS) is 13.5. The molecule has 1 aliphatic rings. The van der Waals surface area contributed by atoms with E-state index in [0.717, 1.165) is 74.7 Å². The van der Waals surface area contributed by atoms with Crippen molar-refractivity contribution in [1.29, 1.82) is 0 Å². The quantitative estimate of drug-likeness (QED) is 0.0442. The van der Waals surface area contributed by atoms with E-state index in [4.69, 9.17) is 0 Å². The Morgan fingerprint density at radius 1 is 0.451 bits per heavy atom. The zero-order valence-corrected chi connectivity index (χ0v) is 33.8. The van der Waals surface area contributed by atoms with Crippen LogP contribution in [0.5, 0.6) is 0 Å². The van der Waals surface area contributed by atoms with Gasteiger partial charge in [0.1, 0.15) is 0 Å². The summed E-state index contributed by atoms with van der Waals surface area (Å²) in [5.41, 5.74) is 22.0. The molecule has 0 atom stereocenters. The Kier molecular flexibility index (Phi) is 22.5. The molecule has 1 aliphatic heterocycles. The van der Waals surface area contributed by atoms with Crippen LogP contribution >= 0.6 is 0 Å². The van der Waals surface area contributed by atoms with Crippen molar-refractivity contribution >= 4 is 11.4 Å². The molecule has 1 heterocycles.